The number of hydrogen-bond donors (Lipinski definition) is 1. The summed E-state index contributed by atoms with van der Waals surface area (Å²) in [5, 5.41) is 8.63. The Morgan fingerprint density at radius 3 is 1.33 bits per heavy atom. The molecule has 0 aromatic heterocycles. The van der Waals surface area contributed by atoms with Crippen LogP contribution in [0.2, 0.25) is 0 Å². The molecule has 0 unspecified atom stereocenters. The number of rotatable bonds is 0. The molecule has 0 spiro atoms. The summed E-state index contributed by atoms with van der Waals surface area (Å²) in [6.07, 6.45) is 0. The van der Waals surface area contributed by atoms with Gasteiger partial charge in [0.25, 0.3) is 0 Å². The van der Waals surface area contributed by atoms with Crippen molar-refractivity contribution in [3.63, 3.8) is 0 Å². The molecule has 1 rings (SSSR count). The normalized spacial score (nSPS) is 5.33. The quantitative estimate of drug-likeness (QED) is 0.395. The summed E-state index contributed by atoms with van der Waals surface area (Å²) >= 11 is 0. The van der Waals surface area contributed by atoms with E-state index in [9.17, 15) is 0 Å². The average molecular weight is 208 g/mol. The summed E-state index contributed by atoms with van der Waals surface area (Å²) in [6, 6.07) is 8.71. The van der Waals surface area contributed by atoms with Gasteiger partial charge in [-0.15, -0.1) is 0 Å². The average Bonchev–Trinajstić information content (AvgIpc) is 2.24. The fourth-order valence-corrected chi connectivity index (χ4v) is 0.428. The van der Waals surface area contributed by atoms with Crippen molar-refractivity contribution in [2.45, 2.75) is 0 Å². The van der Waals surface area contributed by atoms with Gasteiger partial charge in [0.1, 0.15) is 12.5 Å². The van der Waals surface area contributed by atoms with Gasteiger partial charge in [-0.2, -0.15) is 0 Å². The first-order valence-corrected chi connectivity index (χ1v) is 3.22. The van der Waals surface area contributed by atoms with Crippen LogP contribution in [-0.2, 0) is 4.79 Å². The third-order valence-corrected chi connectivity index (χ3v) is 0.756. The smallest absolute Gasteiger partial charge is 0.115 e. The monoisotopic (exact) mass is 208 g/mol. The van der Waals surface area contributed by atoms with Crippen molar-refractivity contribution in [3.05, 3.63) is 62.3 Å². The third-order valence-electron chi connectivity index (χ3n) is 0.756. The maximum Gasteiger partial charge on any atom is 0.115 e. The van der Waals surface area contributed by atoms with E-state index in [1.54, 1.807) is 24.3 Å². The second kappa shape index (κ2) is 22.5. The van der Waals surface area contributed by atoms with Gasteiger partial charge in [0.15, 0.2) is 0 Å². The minimum absolute atomic E-state index is 0.322. The molecule has 1 aromatic rings. The van der Waals surface area contributed by atoms with E-state index in [2.05, 4.69) is 0 Å². The molecule has 0 aliphatic carbocycles. The second-order valence-electron chi connectivity index (χ2n) is 1.51. The van der Waals surface area contributed by atoms with E-state index in [0.717, 1.165) is 0 Å². The Balaban J connectivity index is -0.000000154. The molecular weight excluding hydrogens is 200 g/mol. The molecule has 0 bridgehead atoms. The molecule has 0 saturated carbocycles. The summed E-state index contributed by atoms with van der Waals surface area (Å²) in [7, 11) is 0. The number of aromatic hydroxyl groups is 1. The molecule has 0 atom stereocenters. The lowest BCUT2D eigenvalue weighted by Crippen LogP contribution is -1.56. The van der Waals surface area contributed by atoms with Crippen LogP contribution in [0.25, 0.3) is 31.9 Å². The summed E-state index contributed by atoms with van der Waals surface area (Å²) < 4.78 is 0. The summed E-state index contributed by atoms with van der Waals surface area (Å²) in [5.41, 5.74) is 27.0. The Labute approximate surface area is 85.6 Å². The van der Waals surface area contributed by atoms with Crippen molar-refractivity contribution in [3.8, 4) is 5.75 Å². The van der Waals surface area contributed by atoms with Crippen molar-refractivity contribution in [2.24, 2.45) is 0 Å². The van der Waals surface area contributed by atoms with Crippen LogP contribution in [0.15, 0.2) is 30.3 Å². The van der Waals surface area contributed by atoms with E-state index < -0.39 is 0 Å². The van der Waals surface area contributed by atoms with E-state index in [1.807, 2.05) is 12.9 Å². The van der Waals surface area contributed by atoms with Crippen LogP contribution in [-0.4, -0.2) is 11.9 Å². The van der Waals surface area contributed by atoms with Gasteiger partial charge in [-0.25, -0.2) is 0 Å². The second-order valence-corrected chi connectivity index (χ2v) is 1.51. The maximum absolute atomic E-state index is 8.63. The molecule has 0 saturated heterocycles. The Hall–Kier alpha value is -2.69. The molecular formula is C7H8N6O2-2. The lowest BCUT2D eigenvalue weighted by molar-refractivity contribution is -0.0979. The number of carbonyl (C=O) groups excluding carboxylic acids is 1. The zero-order valence-corrected chi connectivity index (χ0v) is 7.63. The predicted molar refractivity (Wildman–Crippen MR) is 55.4 cm³/mol. The Morgan fingerprint density at radius 1 is 0.933 bits per heavy atom. The standard InChI is InChI=1S/C6H6O.CH2O.2N3/c7-6-4-2-1-3-5-6;1-2;2*1-3-2/h1-5,7H;1H2;;/q;;2*-1. The zero-order chi connectivity index (χ0) is 12.5. The highest BCUT2D eigenvalue weighted by atomic mass is 16.3. The molecule has 1 aromatic carbocycles. The fraction of sp³-hybridized carbons (Fsp3) is 0. The van der Waals surface area contributed by atoms with E-state index >= 15 is 0 Å². The minimum Gasteiger partial charge on any atom is -0.508 e. The maximum atomic E-state index is 8.63. The molecule has 1 N–H and O–H groups in total. The number of benzene rings is 1. The Bertz CT molecular complexity index is 278. The molecule has 8 heteroatoms. The van der Waals surface area contributed by atoms with Crippen molar-refractivity contribution >= 4 is 6.79 Å². The molecule has 0 aliphatic rings. The van der Waals surface area contributed by atoms with Crippen LogP contribution in [0.1, 0.15) is 0 Å². The number of phenolic OH excluding ortho intramolecular Hbond substituents is 1. The molecule has 0 heterocycles. The van der Waals surface area contributed by atoms with Gasteiger partial charge in [-0.1, -0.05) is 18.2 Å². The van der Waals surface area contributed by atoms with Crippen LogP contribution >= 0.6 is 0 Å². The largest absolute Gasteiger partial charge is 0.508 e. The SMILES string of the molecule is C=O.Oc1ccccc1.[N-]=[N+]=[N-].[N-]=[N+]=[N-]. The van der Waals surface area contributed by atoms with Gasteiger partial charge < -0.3 is 32.0 Å². The number of hydrogen-bond acceptors (Lipinski definition) is 2. The molecule has 8 nitrogen and oxygen atoms in total. The molecule has 0 aliphatic heterocycles. The number of carbonyl (C=O) groups is 1. The Kier molecular flexibility index (Phi) is 27.2. The van der Waals surface area contributed by atoms with Gasteiger partial charge in [0, 0.05) is 0 Å². The lowest BCUT2D eigenvalue weighted by Gasteiger charge is -1.82. The van der Waals surface area contributed by atoms with Crippen LogP contribution in [0.4, 0.5) is 0 Å². The van der Waals surface area contributed by atoms with Crippen LogP contribution in [0.5, 0.6) is 5.75 Å². The topological polar surface area (TPSA) is 155 Å². The molecule has 0 radical (unpaired) electrons. The van der Waals surface area contributed by atoms with E-state index in [0.29, 0.717) is 5.75 Å². The highest BCUT2D eigenvalue weighted by molar-refractivity contribution is 5.18. The molecule has 0 amide bonds. The first-order valence-electron chi connectivity index (χ1n) is 3.22. The first-order chi connectivity index (χ1) is 7.22. The summed E-state index contributed by atoms with van der Waals surface area (Å²) in [4.78, 5) is 11.0. The van der Waals surface area contributed by atoms with Crippen LogP contribution in [0, 0.1) is 0 Å². The van der Waals surface area contributed by atoms with Crippen molar-refractivity contribution < 1.29 is 9.90 Å². The van der Waals surface area contributed by atoms with Gasteiger partial charge in [-0.05, 0) is 12.1 Å². The molecule has 0 fully saturated rings. The predicted octanol–water partition coefficient (Wildman–Crippen LogP) is 2.94. The summed E-state index contributed by atoms with van der Waals surface area (Å²) in [5.74, 6) is 0.322. The number of phenols is 1. The molecule has 15 heavy (non-hydrogen) atoms. The Morgan fingerprint density at radius 2 is 1.20 bits per heavy atom. The highest BCUT2D eigenvalue weighted by Gasteiger charge is 1.74. The number of nitrogens with zero attached hydrogens (tertiary/aromatic N) is 6. The van der Waals surface area contributed by atoms with Crippen LogP contribution in [0.3, 0.4) is 0 Å². The summed E-state index contributed by atoms with van der Waals surface area (Å²) in [6.45, 7) is 2.00. The first kappa shape index (κ1) is 18.2. The van der Waals surface area contributed by atoms with Gasteiger partial charge >= 0.3 is 0 Å². The molecule has 80 valence electrons. The van der Waals surface area contributed by atoms with E-state index in [4.69, 9.17) is 32.0 Å². The fourth-order valence-electron chi connectivity index (χ4n) is 0.428. The van der Waals surface area contributed by atoms with E-state index in [-0.39, 0.29) is 0 Å². The van der Waals surface area contributed by atoms with Crippen LogP contribution < -0.4 is 0 Å². The van der Waals surface area contributed by atoms with Crippen molar-refractivity contribution in [1.82, 2.24) is 0 Å². The number of para-hydroxylation sites is 1. The van der Waals surface area contributed by atoms with Gasteiger partial charge in [0.05, 0.1) is 0 Å². The minimum atomic E-state index is 0.322. The van der Waals surface area contributed by atoms with Gasteiger partial charge in [-0.3, -0.25) is 9.82 Å². The van der Waals surface area contributed by atoms with E-state index in [1.165, 1.54) is 9.82 Å². The zero-order valence-electron chi connectivity index (χ0n) is 7.63. The highest BCUT2D eigenvalue weighted by Crippen LogP contribution is 2.02. The van der Waals surface area contributed by atoms with Gasteiger partial charge in [0.2, 0.25) is 0 Å². The van der Waals surface area contributed by atoms with Crippen molar-refractivity contribution in [1.29, 1.82) is 0 Å². The lowest BCUT2D eigenvalue weighted by atomic mass is 10.3. The van der Waals surface area contributed by atoms with Crippen molar-refractivity contribution in [2.75, 3.05) is 0 Å². The third kappa shape index (κ3) is 34.8.